The molecule has 0 atom stereocenters. The van der Waals surface area contributed by atoms with Crippen LogP contribution in [0.4, 0.5) is 0 Å². The minimum Gasteiger partial charge on any atom is -0.497 e. The fourth-order valence-electron chi connectivity index (χ4n) is 3.21. The third-order valence-electron chi connectivity index (χ3n) is 4.41. The van der Waals surface area contributed by atoms with Crippen LogP contribution >= 0.6 is 0 Å². The van der Waals surface area contributed by atoms with E-state index in [2.05, 4.69) is 40.2 Å². The van der Waals surface area contributed by atoms with Gasteiger partial charge in [-0.25, -0.2) is 0 Å². The van der Waals surface area contributed by atoms with Crippen molar-refractivity contribution in [2.75, 3.05) is 39.8 Å². The first kappa shape index (κ1) is 14.4. The number of fused-ring (bicyclic) bond motifs is 1. The average Bonchev–Trinajstić information content (AvgIpc) is 2.84. The Bertz CT molecular complexity index is 599. The van der Waals surface area contributed by atoms with Crippen molar-refractivity contribution in [3.63, 3.8) is 0 Å². The first-order valence-electron chi connectivity index (χ1n) is 7.83. The van der Waals surface area contributed by atoms with E-state index in [4.69, 9.17) is 4.74 Å². The van der Waals surface area contributed by atoms with E-state index in [1.807, 2.05) is 6.07 Å². The smallest absolute Gasteiger partial charge is 0.119 e. The Morgan fingerprint density at radius 3 is 2.81 bits per heavy atom. The highest BCUT2D eigenvalue weighted by Gasteiger charge is 2.11. The van der Waals surface area contributed by atoms with Gasteiger partial charge >= 0.3 is 0 Å². The van der Waals surface area contributed by atoms with Crippen LogP contribution in [0.5, 0.6) is 5.75 Å². The maximum Gasteiger partial charge on any atom is 0.119 e. The molecule has 2 aromatic rings. The van der Waals surface area contributed by atoms with Gasteiger partial charge in [0.2, 0.25) is 0 Å². The summed E-state index contributed by atoms with van der Waals surface area (Å²) in [4.78, 5) is 2.56. The molecule has 0 unspecified atom stereocenters. The van der Waals surface area contributed by atoms with E-state index < -0.39 is 0 Å². The fourth-order valence-corrected chi connectivity index (χ4v) is 3.21. The highest BCUT2D eigenvalue weighted by atomic mass is 16.5. The minimum atomic E-state index is 0.942. The highest BCUT2D eigenvalue weighted by Crippen LogP contribution is 2.26. The van der Waals surface area contributed by atoms with Crippen molar-refractivity contribution in [1.82, 2.24) is 14.8 Å². The van der Waals surface area contributed by atoms with E-state index in [9.17, 15) is 0 Å². The normalized spacial score (nSPS) is 16.5. The summed E-state index contributed by atoms with van der Waals surface area (Å²) in [5.74, 6) is 0.942. The number of nitrogens with zero attached hydrogens (tertiary/aromatic N) is 2. The van der Waals surface area contributed by atoms with Crippen LogP contribution in [0.15, 0.2) is 24.4 Å². The SMILES string of the molecule is COc1ccc2c(c1)c(CCCN1CCNCC1)cn2C. The van der Waals surface area contributed by atoms with E-state index >= 15 is 0 Å². The number of piperazine rings is 1. The topological polar surface area (TPSA) is 29.4 Å². The number of hydrogen-bond acceptors (Lipinski definition) is 3. The van der Waals surface area contributed by atoms with Crippen LogP contribution in [0.25, 0.3) is 10.9 Å². The first-order valence-corrected chi connectivity index (χ1v) is 7.83. The number of ether oxygens (including phenoxy) is 1. The molecular weight excluding hydrogens is 262 g/mol. The van der Waals surface area contributed by atoms with Crippen LogP contribution in [0.1, 0.15) is 12.0 Å². The van der Waals surface area contributed by atoms with Crippen LogP contribution in [-0.4, -0.2) is 49.3 Å². The number of benzene rings is 1. The van der Waals surface area contributed by atoms with Gasteiger partial charge in [-0.05, 0) is 43.1 Å². The van der Waals surface area contributed by atoms with E-state index in [1.165, 1.54) is 42.5 Å². The van der Waals surface area contributed by atoms with E-state index in [1.54, 1.807) is 7.11 Å². The molecule has 0 radical (unpaired) electrons. The monoisotopic (exact) mass is 287 g/mol. The van der Waals surface area contributed by atoms with Crippen molar-refractivity contribution in [2.24, 2.45) is 7.05 Å². The van der Waals surface area contributed by atoms with Crippen LogP contribution < -0.4 is 10.1 Å². The zero-order valence-corrected chi connectivity index (χ0v) is 13.1. The first-order chi connectivity index (χ1) is 10.3. The number of nitrogens with one attached hydrogen (secondary N) is 1. The highest BCUT2D eigenvalue weighted by molar-refractivity contribution is 5.85. The summed E-state index contributed by atoms with van der Waals surface area (Å²) < 4.78 is 7.58. The van der Waals surface area contributed by atoms with Crippen molar-refractivity contribution >= 4 is 10.9 Å². The Morgan fingerprint density at radius 1 is 1.24 bits per heavy atom. The third-order valence-corrected chi connectivity index (χ3v) is 4.41. The summed E-state index contributed by atoms with van der Waals surface area (Å²) in [5.41, 5.74) is 2.72. The predicted molar refractivity (Wildman–Crippen MR) is 87.1 cm³/mol. The van der Waals surface area contributed by atoms with E-state index in [0.29, 0.717) is 0 Å². The van der Waals surface area contributed by atoms with Gasteiger partial charge in [0.05, 0.1) is 7.11 Å². The lowest BCUT2D eigenvalue weighted by molar-refractivity contribution is 0.238. The van der Waals surface area contributed by atoms with E-state index in [-0.39, 0.29) is 0 Å². The van der Waals surface area contributed by atoms with Gasteiger partial charge in [0.1, 0.15) is 5.75 Å². The number of aromatic nitrogens is 1. The molecule has 0 spiro atoms. The van der Waals surface area contributed by atoms with Crippen molar-refractivity contribution in [2.45, 2.75) is 12.8 Å². The van der Waals surface area contributed by atoms with Gasteiger partial charge in [-0.2, -0.15) is 0 Å². The Labute approximate surface area is 126 Å². The lowest BCUT2D eigenvalue weighted by Crippen LogP contribution is -2.43. The van der Waals surface area contributed by atoms with Crippen molar-refractivity contribution in [3.8, 4) is 5.75 Å². The summed E-state index contributed by atoms with van der Waals surface area (Å²) >= 11 is 0. The third kappa shape index (κ3) is 3.22. The molecule has 21 heavy (non-hydrogen) atoms. The Kier molecular flexibility index (Phi) is 4.46. The minimum absolute atomic E-state index is 0.942. The molecule has 1 N–H and O–H groups in total. The van der Waals surface area contributed by atoms with Gasteiger partial charge < -0.3 is 19.5 Å². The number of rotatable bonds is 5. The predicted octanol–water partition coefficient (Wildman–Crippen LogP) is 2.02. The summed E-state index contributed by atoms with van der Waals surface area (Å²) in [5, 5.41) is 4.73. The molecule has 4 nitrogen and oxygen atoms in total. The summed E-state index contributed by atoms with van der Waals surface area (Å²) in [6, 6.07) is 6.34. The zero-order valence-electron chi connectivity index (χ0n) is 13.1. The van der Waals surface area contributed by atoms with Crippen LogP contribution in [0.3, 0.4) is 0 Å². The standard InChI is InChI=1S/C17H25N3O/c1-19-13-14(4-3-9-20-10-7-18-8-11-20)16-12-15(21-2)5-6-17(16)19/h5-6,12-13,18H,3-4,7-11H2,1-2H3. The van der Waals surface area contributed by atoms with Crippen molar-refractivity contribution < 1.29 is 4.74 Å². The largest absolute Gasteiger partial charge is 0.497 e. The van der Waals surface area contributed by atoms with Gasteiger partial charge in [0.15, 0.2) is 0 Å². The second-order valence-electron chi connectivity index (χ2n) is 5.84. The van der Waals surface area contributed by atoms with Gasteiger partial charge in [-0.1, -0.05) is 0 Å². The van der Waals surface area contributed by atoms with Crippen molar-refractivity contribution in [3.05, 3.63) is 30.0 Å². The second-order valence-corrected chi connectivity index (χ2v) is 5.84. The summed E-state index contributed by atoms with van der Waals surface area (Å²) in [6.45, 7) is 5.83. The molecule has 114 valence electrons. The molecule has 0 aliphatic carbocycles. The summed E-state index contributed by atoms with van der Waals surface area (Å²) in [6.07, 6.45) is 4.62. The van der Waals surface area contributed by atoms with Gasteiger partial charge in [-0.15, -0.1) is 0 Å². The molecule has 0 amide bonds. The average molecular weight is 287 g/mol. The molecule has 2 heterocycles. The molecule has 4 heteroatoms. The van der Waals surface area contributed by atoms with Gasteiger partial charge in [0.25, 0.3) is 0 Å². The lowest BCUT2D eigenvalue weighted by Gasteiger charge is -2.26. The van der Waals surface area contributed by atoms with Gasteiger partial charge in [-0.3, -0.25) is 0 Å². The number of hydrogen-bond donors (Lipinski definition) is 1. The number of aryl methyl sites for hydroxylation is 2. The maximum absolute atomic E-state index is 5.36. The van der Waals surface area contributed by atoms with Crippen LogP contribution in [0.2, 0.25) is 0 Å². The number of methoxy groups -OCH3 is 1. The lowest BCUT2D eigenvalue weighted by atomic mass is 10.1. The molecule has 1 fully saturated rings. The van der Waals surface area contributed by atoms with Gasteiger partial charge in [0, 0.05) is 50.3 Å². The van der Waals surface area contributed by atoms with Crippen LogP contribution in [-0.2, 0) is 13.5 Å². The maximum atomic E-state index is 5.36. The molecule has 0 bridgehead atoms. The van der Waals surface area contributed by atoms with Crippen molar-refractivity contribution in [1.29, 1.82) is 0 Å². The molecule has 1 aliphatic rings. The molecule has 1 saturated heterocycles. The molecule has 1 aromatic heterocycles. The quantitative estimate of drug-likeness (QED) is 0.912. The van der Waals surface area contributed by atoms with E-state index in [0.717, 1.165) is 25.3 Å². The molecule has 3 rings (SSSR count). The Morgan fingerprint density at radius 2 is 2.05 bits per heavy atom. The molecule has 0 saturated carbocycles. The molecule has 1 aliphatic heterocycles. The second kappa shape index (κ2) is 6.50. The van der Waals surface area contributed by atoms with Crippen LogP contribution in [0, 0.1) is 0 Å². The Balaban J connectivity index is 1.68. The fraction of sp³-hybridized carbons (Fsp3) is 0.529. The molecular formula is C17H25N3O. The molecule has 1 aromatic carbocycles. The zero-order chi connectivity index (χ0) is 14.7. The summed E-state index contributed by atoms with van der Waals surface area (Å²) in [7, 11) is 3.85. The Hall–Kier alpha value is -1.52.